The maximum atomic E-state index is 14.2. The molecule has 7 amide bonds. The SMILES string of the molecule is CC(C)C[C@@H]1NC(=O)[C@@H](NC(=O)[C@H](Cc2ccccc2)NC(=O)CCc2ccccc2)CCCCCCC[C@@H](C(=O)N(C)C)NC(=O)[C@@H]2CCCN2C(=O)[C@H](C)NC1=O. The second-order valence-corrected chi connectivity index (χ2v) is 16.6. The first kappa shape index (κ1) is 46.4. The number of carbonyl (C=O) groups is 7. The van der Waals surface area contributed by atoms with E-state index in [-0.39, 0.29) is 49.3 Å². The van der Waals surface area contributed by atoms with Crippen molar-refractivity contribution >= 4 is 41.4 Å². The molecule has 0 unspecified atom stereocenters. The van der Waals surface area contributed by atoms with Crippen LogP contribution in [0.3, 0.4) is 0 Å². The van der Waals surface area contributed by atoms with Gasteiger partial charge in [-0.05, 0) is 62.5 Å². The molecule has 14 heteroatoms. The normalized spacial score (nSPS) is 23.2. The molecule has 2 saturated heterocycles. The highest BCUT2D eigenvalue weighted by Gasteiger charge is 2.39. The third-order valence-electron chi connectivity index (χ3n) is 11.0. The molecule has 0 aliphatic carbocycles. The quantitative estimate of drug-likeness (QED) is 0.231. The lowest BCUT2D eigenvalue weighted by Crippen LogP contribution is -2.59. The van der Waals surface area contributed by atoms with E-state index in [1.807, 2.05) is 74.5 Å². The fourth-order valence-electron chi connectivity index (χ4n) is 7.74. The van der Waals surface area contributed by atoms with Gasteiger partial charge in [-0.25, -0.2) is 0 Å². The highest BCUT2D eigenvalue weighted by atomic mass is 16.2. The second kappa shape index (κ2) is 23.4. The van der Waals surface area contributed by atoms with Gasteiger partial charge in [-0.3, -0.25) is 33.6 Å². The van der Waals surface area contributed by atoms with Crippen LogP contribution in [0.15, 0.2) is 60.7 Å². The fraction of sp³-hybridized carbons (Fsp3) is 0.578. The van der Waals surface area contributed by atoms with Gasteiger partial charge < -0.3 is 36.4 Å². The van der Waals surface area contributed by atoms with Gasteiger partial charge in [0.25, 0.3) is 0 Å². The molecule has 2 fully saturated rings. The van der Waals surface area contributed by atoms with Gasteiger partial charge >= 0.3 is 0 Å². The molecule has 5 N–H and O–H groups in total. The molecule has 2 aromatic carbocycles. The number of benzene rings is 2. The van der Waals surface area contributed by atoms with E-state index in [2.05, 4.69) is 26.6 Å². The zero-order valence-electron chi connectivity index (χ0n) is 35.5. The monoisotopic (exact) mass is 815 g/mol. The summed E-state index contributed by atoms with van der Waals surface area (Å²) in [4.78, 5) is 98.7. The molecular weight excluding hydrogens is 751 g/mol. The molecule has 0 bridgehead atoms. The third-order valence-corrected chi connectivity index (χ3v) is 11.0. The molecule has 6 atom stereocenters. The van der Waals surface area contributed by atoms with E-state index >= 15 is 0 Å². The summed E-state index contributed by atoms with van der Waals surface area (Å²) in [5.41, 5.74) is 1.84. The fourth-order valence-corrected chi connectivity index (χ4v) is 7.74. The van der Waals surface area contributed by atoms with Crippen molar-refractivity contribution in [3.63, 3.8) is 0 Å². The topological polar surface area (TPSA) is 186 Å². The standard InChI is InChI=1S/C45H65N7O7/c1-30(2)28-36-41(55)46-31(3)44(58)52-27-17-24-38(52)43(57)49-35(45(59)51(4)5)23-16-8-6-7-15-22-34(40(54)50-36)48-42(56)37(29-33-20-13-10-14-21-33)47-39(53)26-25-32-18-11-9-12-19-32/h9-14,18-21,30-31,34-38H,6-8,15-17,22-29H2,1-5H3,(H,46,55)(H,47,53)(H,48,56)(H,49,57)(H,50,54)/t31-,34-,35-,36-,37-,38-/m0/s1. The molecule has 0 radical (unpaired) electrons. The first-order valence-electron chi connectivity index (χ1n) is 21.3. The Hall–Kier alpha value is -5.27. The number of likely N-dealkylation sites (N-methyl/N-ethyl adjacent to an activating group) is 1. The van der Waals surface area contributed by atoms with E-state index in [1.165, 1.54) is 9.80 Å². The average Bonchev–Trinajstić information content (AvgIpc) is 3.71. The van der Waals surface area contributed by atoms with Gasteiger partial charge in [0.15, 0.2) is 0 Å². The van der Waals surface area contributed by atoms with Crippen LogP contribution in [0.2, 0.25) is 0 Å². The molecule has 14 nitrogen and oxygen atoms in total. The number of aryl methyl sites for hydroxylation is 1. The summed E-state index contributed by atoms with van der Waals surface area (Å²) in [5.74, 6) is -2.97. The number of amides is 7. The zero-order valence-corrected chi connectivity index (χ0v) is 35.5. The molecule has 0 saturated carbocycles. The molecule has 322 valence electrons. The lowest BCUT2D eigenvalue weighted by Gasteiger charge is -2.30. The lowest BCUT2D eigenvalue weighted by molar-refractivity contribution is -0.142. The van der Waals surface area contributed by atoms with Crippen molar-refractivity contribution in [2.75, 3.05) is 20.6 Å². The van der Waals surface area contributed by atoms with Crippen LogP contribution in [0, 0.1) is 5.92 Å². The van der Waals surface area contributed by atoms with Crippen molar-refractivity contribution in [1.82, 2.24) is 36.4 Å². The van der Waals surface area contributed by atoms with Crippen molar-refractivity contribution in [3.8, 4) is 0 Å². The van der Waals surface area contributed by atoms with Crippen LogP contribution in [0.4, 0.5) is 0 Å². The van der Waals surface area contributed by atoms with Gasteiger partial charge in [-0.15, -0.1) is 0 Å². The minimum Gasteiger partial charge on any atom is -0.347 e. The average molecular weight is 816 g/mol. The lowest BCUT2D eigenvalue weighted by atomic mass is 9.99. The molecule has 2 aliphatic rings. The van der Waals surface area contributed by atoms with E-state index in [4.69, 9.17) is 0 Å². The van der Waals surface area contributed by atoms with Gasteiger partial charge in [0.05, 0.1) is 0 Å². The van der Waals surface area contributed by atoms with Gasteiger partial charge in [-0.1, -0.05) is 107 Å². The Labute approximate surface area is 349 Å². The van der Waals surface area contributed by atoms with Gasteiger partial charge in [0.1, 0.15) is 36.3 Å². The smallest absolute Gasteiger partial charge is 0.245 e. The highest BCUT2D eigenvalue weighted by molar-refractivity contribution is 5.97. The molecule has 4 rings (SSSR count). The molecule has 0 spiro atoms. The minimum absolute atomic E-state index is 0.0125. The Kier molecular flexibility index (Phi) is 18.4. The van der Waals surface area contributed by atoms with Crippen LogP contribution in [0.1, 0.15) is 103 Å². The summed E-state index contributed by atoms with van der Waals surface area (Å²) in [6.45, 7) is 5.72. The van der Waals surface area contributed by atoms with Crippen LogP contribution in [-0.2, 0) is 46.4 Å². The van der Waals surface area contributed by atoms with E-state index < -0.39 is 59.9 Å². The number of hydrogen-bond acceptors (Lipinski definition) is 7. The first-order chi connectivity index (χ1) is 28.2. The predicted octanol–water partition coefficient (Wildman–Crippen LogP) is 3.18. The summed E-state index contributed by atoms with van der Waals surface area (Å²) in [6, 6.07) is 13.4. The number of rotatable bonds is 11. The Morgan fingerprint density at radius 3 is 2.03 bits per heavy atom. The van der Waals surface area contributed by atoms with E-state index in [0.29, 0.717) is 45.1 Å². The summed E-state index contributed by atoms with van der Waals surface area (Å²) < 4.78 is 0. The van der Waals surface area contributed by atoms with Crippen LogP contribution < -0.4 is 26.6 Å². The van der Waals surface area contributed by atoms with E-state index in [1.54, 1.807) is 21.0 Å². The maximum Gasteiger partial charge on any atom is 0.245 e. The van der Waals surface area contributed by atoms with E-state index in [9.17, 15) is 33.6 Å². The number of hydrogen-bond donors (Lipinski definition) is 5. The summed E-state index contributed by atoms with van der Waals surface area (Å²) in [5, 5.41) is 14.4. The molecular formula is C45H65N7O7. The third kappa shape index (κ3) is 14.8. The minimum atomic E-state index is -1.02. The van der Waals surface area contributed by atoms with Crippen LogP contribution in [0.25, 0.3) is 0 Å². The van der Waals surface area contributed by atoms with Crippen molar-refractivity contribution in [3.05, 3.63) is 71.8 Å². The van der Waals surface area contributed by atoms with Gasteiger partial charge in [0.2, 0.25) is 41.4 Å². The maximum absolute atomic E-state index is 14.2. The van der Waals surface area contributed by atoms with E-state index in [0.717, 1.165) is 30.4 Å². The Morgan fingerprint density at radius 1 is 0.763 bits per heavy atom. The number of fused-ring (bicyclic) bond motifs is 1. The van der Waals surface area contributed by atoms with Gasteiger partial charge in [-0.2, -0.15) is 0 Å². The Morgan fingerprint density at radius 2 is 1.39 bits per heavy atom. The Bertz CT molecular complexity index is 1720. The predicted molar refractivity (Wildman–Crippen MR) is 225 cm³/mol. The molecule has 59 heavy (non-hydrogen) atoms. The van der Waals surface area contributed by atoms with Crippen molar-refractivity contribution in [1.29, 1.82) is 0 Å². The first-order valence-corrected chi connectivity index (χ1v) is 21.3. The van der Waals surface area contributed by atoms with Crippen LogP contribution >= 0.6 is 0 Å². The second-order valence-electron chi connectivity index (χ2n) is 16.6. The number of nitrogens with one attached hydrogen (secondary N) is 5. The number of carbonyl (C=O) groups excluding carboxylic acids is 7. The van der Waals surface area contributed by atoms with Crippen molar-refractivity contribution < 1.29 is 33.6 Å². The van der Waals surface area contributed by atoms with Crippen LogP contribution in [0.5, 0.6) is 0 Å². The Balaban J connectivity index is 1.56. The molecule has 2 aliphatic heterocycles. The molecule has 2 heterocycles. The summed E-state index contributed by atoms with van der Waals surface area (Å²) in [7, 11) is 3.28. The van der Waals surface area contributed by atoms with Crippen molar-refractivity contribution in [2.45, 2.75) is 140 Å². The number of nitrogens with zero attached hydrogens (tertiary/aromatic N) is 2. The molecule has 2 aromatic rings. The van der Waals surface area contributed by atoms with Crippen molar-refractivity contribution in [2.24, 2.45) is 5.92 Å². The molecule has 0 aromatic heterocycles. The van der Waals surface area contributed by atoms with Crippen LogP contribution in [-0.4, -0.2) is 108 Å². The summed E-state index contributed by atoms with van der Waals surface area (Å²) in [6.07, 6.45) is 6.41. The summed E-state index contributed by atoms with van der Waals surface area (Å²) >= 11 is 0. The largest absolute Gasteiger partial charge is 0.347 e. The van der Waals surface area contributed by atoms with Gasteiger partial charge in [0, 0.05) is 33.5 Å². The zero-order chi connectivity index (χ0) is 42.9. The highest BCUT2D eigenvalue weighted by Crippen LogP contribution is 2.20.